The molecule has 0 spiro atoms. The summed E-state index contributed by atoms with van der Waals surface area (Å²) in [6, 6.07) is 21.9. The molecular weight excluding hydrogens is 457 g/mol. The van der Waals surface area contributed by atoms with Crippen molar-refractivity contribution in [3.8, 4) is 0 Å². The van der Waals surface area contributed by atoms with Crippen molar-refractivity contribution in [1.82, 2.24) is 14.9 Å². The van der Waals surface area contributed by atoms with Crippen LogP contribution in [0.5, 0.6) is 0 Å². The number of ketones is 1. The molecule has 0 aliphatic carbocycles. The summed E-state index contributed by atoms with van der Waals surface area (Å²) in [5.41, 5.74) is 3.29. The van der Waals surface area contributed by atoms with E-state index in [1.807, 2.05) is 41.0 Å². The standard InChI is InChI=1S/C26H23Cl2N3O2/c27-20-11-7-18(8-12-20)16-26(33)29-15-3-6-25-30-22-4-1-2-5-23(22)31(25)17-24(32)19-9-13-21(28)14-10-19/h1-2,4-5,7-14H,3,6,15-17H2,(H,29,33). The molecule has 7 heteroatoms. The highest BCUT2D eigenvalue weighted by Gasteiger charge is 2.15. The van der Waals surface area contributed by atoms with Crippen molar-refractivity contribution in [1.29, 1.82) is 0 Å². The molecule has 0 aliphatic rings. The van der Waals surface area contributed by atoms with Crippen molar-refractivity contribution in [2.24, 2.45) is 0 Å². The second kappa shape index (κ2) is 10.6. The maximum absolute atomic E-state index is 12.9. The molecule has 0 unspecified atom stereocenters. The number of carbonyl (C=O) groups is 2. The van der Waals surface area contributed by atoms with Gasteiger partial charge in [0, 0.05) is 28.6 Å². The Balaban J connectivity index is 1.39. The summed E-state index contributed by atoms with van der Waals surface area (Å²) in [4.78, 5) is 29.8. The number of para-hydroxylation sites is 2. The summed E-state index contributed by atoms with van der Waals surface area (Å²) in [7, 11) is 0. The number of nitrogens with one attached hydrogen (secondary N) is 1. The van der Waals surface area contributed by atoms with Crippen molar-refractivity contribution in [2.75, 3.05) is 6.54 Å². The molecule has 33 heavy (non-hydrogen) atoms. The molecule has 1 amide bonds. The van der Waals surface area contributed by atoms with E-state index in [-0.39, 0.29) is 18.2 Å². The number of hydrogen-bond acceptors (Lipinski definition) is 3. The van der Waals surface area contributed by atoms with Crippen LogP contribution in [0, 0.1) is 0 Å². The molecule has 168 valence electrons. The number of hydrogen-bond donors (Lipinski definition) is 1. The largest absolute Gasteiger partial charge is 0.356 e. The molecule has 0 aliphatic heterocycles. The van der Waals surface area contributed by atoms with Gasteiger partial charge in [-0.3, -0.25) is 9.59 Å². The minimum Gasteiger partial charge on any atom is -0.356 e. The number of Topliss-reactive ketones (excluding diaryl/α,β-unsaturated/α-hetero) is 1. The van der Waals surface area contributed by atoms with Crippen LogP contribution < -0.4 is 5.32 Å². The zero-order valence-corrected chi connectivity index (χ0v) is 19.4. The van der Waals surface area contributed by atoms with E-state index in [0.717, 1.165) is 22.4 Å². The van der Waals surface area contributed by atoms with Crippen molar-refractivity contribution < 1.29 is 9.59 Å². The van der Waals surface area contributed by atoms with Gasteiger partial charge in [-0.1, -0.05) is 47.5 Å². The van der Waals surface area contributed by atoms with Gasteiger partial charge in [0.2, 0.25) is 5.91 Å². The fraction of sp³-hybridized carbons (Fsp3) is 0.192. The Kier molecular flexibility index (Phi) is 7.43. The lowest BCUT2D eigenvalue weighted by molar-refractivity contribution is -0.120. The summed E-state index contributed by atoms with van der Waals surface area (Å²) in [6.45, 7) is 0.723. The number of aryl methyl sites for hydroxylation is 1. The summed E-state index contributed by atoms with van der Waals surface area (Å²) in [6.07, 6.45) is 1.67. The summed E-state index contributed by atoms with van der Waals surface area (Å²) < 4.78 is 1.96. The number of amides is 1. The molecule has 1 heterocycles. The number of fused-ring (bicyclic) bond motifs is 1. The number of carbonyl (C=O) groups excluding carboxylic acids is 2. The van der Waals surface area contributed by atoms with Crippen LogP contribution >= 0.6 is 23.2 Å². The van der Waals surface area contributed by atoms with Crippen LogP contribution in [0.4, 0.5) is 0 Å². The Bertz CT molecular complexity index is 1270. The van der Waals surface area contributed by atoms with Gasteiger partial charge < -0.3 is 9.88 Å². The first-order valence-corrected chi connectivity index (χ1v) is 11.5. The van der Waals surface area contributed by atoms with Gasteiger partial charge in [0.1, 0.15) is 5.82 Å². The molecule has 4 rings (SSSR count). The first-order chi connectivity index (χ1) is 16.0. The third-order valence-corrected chi connectivity index (χ3v) is 5.88. The Hall–Kier alpha value is -3.15. The fourth-order valence-corrected chi connectivity index (χ4v) is 3.94. The summed E-state index contributed by atoms with van der Waals surface area (Å²) in [5, 5.41) is 4.20. The Morgan fingerprint density at radius 2 is 1.55 bits per heavy atom. The average molecular weight is 480 g/mol. The molecule has 1 N–H and O–H groups in total. The van der Waals surface area contributed by atoms with E-state index in [1.54, 1.807) is 36.4 Å². The molecule has 4 aromatic rings. The Morgan fingerprint density at radius 1 is 0.879 bits per heavy atom. The number of halogens is 2. The maximum Gasteiger partial charge on any atom is 0.224 e. The maximum atomic E-state index is 12.9. The van der Waals surface area contributed by atoms with Gasteiger partial charge in [-0.15, -0.1) is 0 Å². The van der Waals surface area contributed by atoms with Gasteiger partial charge in [-0.05, 0) is 60.5 Å². The molecule has 0 saturated heterocycles. The predicted octanol–water partition coefficient (Wildman–Crippen LogP) is 5.52. The van der Waals surface area contributed by atoms with Gasteiger partial charge in [0.25, 0.3) is 0 Å². The molecular formula is C26H23Cl2N3O2. The highest BCUT2D eigenvalue weighted by Crippen LogP contribution is 2.19. The average Bonchev–Trinajstić information content (AvgIpc) is 3.16. The Morgan fingerprint density at radius 3 is 2.27 bits per heavy atom. The van der Waals surface area contributed by atoms with Gasteiger partial charge in [0.15, 0.2) is 5.78 Å². The first kappa shape index (κ1) is 23.0. The molecule has 0 fully saturated rings. The normalized spacial score (nSPS) is 11.0. The van der Waals surface area contributed by atoms with E-state index in [9.17, 15) is 9.59 Å². The molecule has 3 aromatic carbocycles. The molecule has 5 nitrogen and oxygen atoms in total. The fourth-order valence-electron chi connectivity index (χ4n) is 3.69. The topological polar surface area (TPSA) is 64.0 Å². The van der Waals surface area contributed by atoms with Crippen molar-refractivity contribution in [3.63, 3.8) is 0 Å². The van der Waals surface area contributed by atoms with E-state index in [1.165, 1.54) is 0 Å². The SMILES string of the molecule is O=C(Cc1ccc(Cl)cc1)NCCCc1nc2ccccc2n1CC(=O)c1ccc(Cl)cc1. The van der Waals surface area contributed by atoms with Crippen LogP contribution in [-0.4, -0.2) is 27.8 Å². The van der Waals surface area contributed by atoms with Crippen molar-refractivity contribution in [3.05, 3.63) is 99.8 Å². The number of nitrogens with zero attached hydrogens (tertiary/aromatic N) is 2. The van der Waals surface area contributed by atoms with Crippen LogP contribution in [0.25, 0.3) is 11.0 Å². The van der Waals surface area contributed by atoms with Crippen LogP contribution in [0.2, 0.25) is 10.0 Å². The van der Waals surface area contributed by atoms with Gasteiger partial charge in [0.05, 0.1) is 24.0 Å². The minimum absolute atomic E-state index is 0.00710. The summed E-state index contributed by atoms with van der Waals surface area (Å²) >= 11 is 11.8. The van der Waals surface area contributed by atoms with Crippen LogP contribution in [0.15, 0.2) is 72.8 Å². The zero-order valence-electron chi connectivity index (χ0n) is 17.9. The lowest BCUT2D eigenvalue weighted by Crippen LogP contribution is -2.26. The van der Waals surface area contributed by atoms with Crippen LogP contribution in [0.3, 0.4) is 0 Å². The Labute approximate surface area is 202 Å². The van der Waals surface area contributed by atoms with E-state index in [0.29, 0.717) is 41.4 Å². The van der Waals surface area contributed by atoms with E-state index in [4.69, 9.17) is 28.2 Å². The number of aromatic nitrogens is 2. The van der Waals surface area contributed by atoms with Gasteiger partial charge in [-0.25, -0.2) is 4.98 Å². The highest BCUT2D eigenvalue weighted by molar-refractivity contribution is 6.30. The first-order valence-electron chi connectivity index (χ1n) is 10.7. The monoisotopic (exact) mass is 479 g/mol. The quantitative estimate of drug-likeness (QED) is 0.254. The van der Waals surface area contributed by atoms with Crippen LogP contribution in [-0.2, 0) is 24.2 Å². The molecule has 0 radical (unpaired) electrons. The molecule has 0 saturated carbocycles. The van der Waals surface area contributed by atoms with E-state index in [2.05, 4.69) is 5.32 Å². The summed E-state index contributed by atoms with van der Waals surface area (Å²) in [5.74, 6) is 0.779. The number of benzene rings is 3. The lowest BCUT2D eigenvalue weighted by atomic mass is 10.1. The number of rotatable bonds is 9. The molecule has 0 bridgehead atoms. The number of imidazole rings is 1. The van der Waals surface area contributed by atoms with Gasteiger partial charge in [-0.2, -0.15) is 0 Å². The van der Waals surface area contributed by atoms with Crippen molar-refractivity contribution >= 4 is 45.9 Å². The lowest BCUT2D eigenvalue weighted by Gasteiger charge is -2.10. The smallest absolute Gasteiger partial charge is 0.224 e. The zero-order chi connectivity index (χ0) is 23.2. The third kappa shape index (κ3) is 6.01. The second-order valence-corrected chi connectivity index (χ2v) is 8.66. The highest BCUT2D eigenvalue weighted by atomic mass is 35.5. The molecule has 1 aromatic heterocycles. The van der Waals surface area contributed by atoms with E-state index >= 15 is 0 Å². The third-order valence-electron chi connectivity index (χ3n) is 5.38. The van der Waals surface area contributed by atoms with Crippen molar-refractivity contribution in [2.45, 2.75) is 25.8 Å². The second-order valence-electron chi connectivity index (χ2n) is 7.79. The minimum atomic E-state index is -0.0382. The predicted molar refractivity (Wildman–Crippen MR) is 132 cm³/mol. The van der Waals surface area contributed by atoms with Gasteiger partial charge >= 0.3 is 0 Å². The van der Waals surface area contributed by atoms with Crippen LogP contribution in [0.1, 0.15) is 28.2 Å². The van der Waals surface area contributed by atoms with E-state index < -0.39 is 0 Å². The molecule has 0 atom stereocenters.